The topological polar surface area (TPSA) is 37.3 Å². The molecule has 1 fully saturated rings. The van der Waals surface area contributed by atoms with E-state index in [2.05, 4.69) is 12.2 Å². The van der Waals surface area contributed by atoms with Gasteiger partial charge in [-0.15, -0.1) is 11.6 Å². The van der Waals surface area contributed by atoms with Crippen LogP contribution in [0.5, 0.6) is 0 Å². The van der Waals surface area contributed by atoms with Crippen molar-refractivity contribution in [1.82, 2.24) is 0 Å². The van der Waals surface area contributed by atoms with Crippen LogP contribution in [0.15, 0.2) is 24.3 Å². The van der Waals surface area contributed by atoms with Crippen LogP contribution in [0, 0.1) is 23.7 Å². The van der Waals surface area contributed by atoms with Gasteiger partial charge in [-0.3, -0.25) is 4.79 Å². The summed E-state index contributed by atoms with van der Waals surface area (Å²) in [4.78, 5) is 12.4. The Morgan fingerprint density at radius 1 is 1.22 bits per heavy atom. The number of fused-ring (bicyclic) bond motifs is 1. The Hall–Kier alpha value is -0.600. The summed E-state index contributed by atoms with van der Waals surface area (Å²) in [6, 6.07) is 0. The van der Waals surface area contributed by atoms with Crippen molar-refractivity contribution in [1.29, 1.82) is 0 Å². The molecule has 0 aromatic rings. The van der Waals surface area contributed by atoms with Gasteiger partial charge in [0.1, 0.15) is 5.60 Å². The minimum atomic E-state index is -1.31. The highest BCUT2D eigenvalue weighted by atomic mass is 35.5. The minimum Gasteiger partial charge on any atom is -0.380 e. The van der Waals surface area contributed by atoms with E-state index in [1.807, 2.05) is 12.2 Å². The fourth-order valence-corrected chi connectivity index (χ4v) is 4.37. The van der Waals surface area contributed by atoms with Gasteiger partial charge in [-0.2, -0.15) is 0 Å². The molecule has 0 unspecified atom stereocenters. The molecule has 4 rings (SSSR count). The van der Waals surface area contributed by atoms with Crippen LogP contribution in [-0.4, -0.2) is 22.4 Å². The molecule has 4 aliphatic carbocycles. The Labute approximate surface area is 113 Å². The van der Waals surface area contributed by atoms with Gasteiger partial charge in [0.15, 0.2) is 5.78 Å². The summed E-state index contributed by atoms with van der Waals surface area (Å²) in [5.74, 6) is 0.596. The number of rotatable bonds is 1. The van der Waals surface area contributed by atoms with Crippen LogP contribution in [0.1, 0.15) is 25.7 Å². The van der Waals surface area contributed by atoms with E-state index < -0.39 is 5.60 Å². The highest BCUT2D eigenvalue weighted by molar-refractivity contribution is 6.21. The van der Waals surface area contributed by atoms with Gasteiger partial charge in [-0.25, -0.2) is 0 Å². The Morgan fingerprint density at radius 3 is 2.56 bits per heavy atom. The lowest BCUT2D eigenvalue weighted by Gasteiger charge is -2.52. The molecule has 0 spiro atoms. The number of ketones is 1. The third-order valence-electron chi connectivity index (χ3n) is 4.98. The average molecular weight is 267 g/mol. The SMILES string of the molecule is O=C1[C@H]2C=C[C@H]([C@@H]3CC/C=C\CC[C@@H]32)[C@@]1(O)CCl. The van der Waals surface area contributed by atoms with Crippen molar-refractivity contribution in [2.45, 2.75) is 31.3 Å². The van der Waals surface area contributed by atoms with E-state index in [4.69, 9.17) is 11.6 Å². The van der Waals surface area contributed by atoms with Crippen molar-refractivity contribution in [2.24, 2.45) is 23.7 Å². The lowest BCUT2D eigenvalue weighted by molar-refractivity contribution is -0.158. The third kappa shape index (κ3) is 1.62. The molecule has 0 amide bonds. The van der Waals surface area contributed by atoms with Gasteiger partial charge in [0.2, 0.25) is 0 Å². The fraction of sp³-hybridized carbons (Fsp3) is 0.667. The van der Waals surface area contributed by atoms with Gasteiger partial charge < -0.3 is 5.11 Å². The van der Waals surface area contributed by atoms with E-state index in [-0.39, 0.29) is 23.5 Å². The molecule has 3 heteroatoms. The second-order valence-electron chi connectivity index (χ2n) is 5.81. The molecule has 0 heterocycles. The first-order valence-electron chi connectivity index (χ1n) is 6.84. The standard InChI is InChI=1S/C15H19ClO2/c16-9-15(18)13-8-7-12(14(15)17)10-5-3-1-2-4-6-11(10)13/h1-2,7-8,10-13,18H,3-6,9H2/b2-1-/t10-,11+,12-,13+,15-/m0/s1. The first-order chi connectivity index (χ1) is 8.68. The normalized spacial score (nSPS) is 48.4. The van der Waals surface area contributed by atoms with Gasteiger partial charge >= 0.3 is 0 Å². The van der Waals surface area contributed by atoms with Gasteiger partial charge in [-0.05, 0) is 37.5 Å². The van der Waals surface area contributed by atoms with Crippen LogP contribution in [0.2, 0.25) is 0 Å². The van der Waals surface area contributed by atoms with Gasteiger partial charge in [-0.1, -0.05) is 24.3 Å². The van der Waals surface area contributed by atoms with E-state index >= 15 is 0 Å². The maximum absolute atomic E-state index is 12.4. The fourth-order valence-electron chi connectivity index (χ4n) is 4.06. The molecule has 1 N–H and O–H groups in total. The van der Waals surface area contributed by atoms with Crippen molar-refractivity contribution in [2.75, 3.05) is 5.88 Å². The zero-order valence-electron chi connectivity index (χ0n) is 10.4. The van der Waals surface area contributed by atoms with Crippen molar-refractivity contribution >= 4 is 17.4 Å². The summed E-state index contributed by atoms with van der Waals surface area (Å²) >= 11 is 5.90. The maximum Gasteiger partial charge on any atom is 0.173 e. The molecule has 18 heavy (non-hydrogen) atoms. The molecular weight excluding hydrogens is 248 g/mol. The highest BCUT2D eigenvalue weighted by Gasteiger charge is 2.58. The van der Waals surface area contributed by atoms with Crippen molar-refractivity contribution in [3.05, 3.63) is 24.3 Å². The van der Waals surface area contributed by atoms with E-state index in [1.165, 1.54) is 0 Å². The van der Waals surface area contributed by atoms with E-state index in [0.717, 1.165) is 25.7 Å². The summed E-state index contributed by atoms with van der Waals surface area (Å²) in [6.45, 7) is 0. The predicted molar refractivity (Wildman–Crippen MR) is 71.4 cm³/mol. The number of allylic oxidation sites excluding steroid dienone is 3. The number of carbonyl (C=O) groups is 1. The average Bonchev–Trinajstić information content (AvgIpc) is 2.35. The molecule has 0 saturated heterocycles. The summed E-state index contributed by atoms with van der Waals surface area (Å²) in [5.41, 5.74) is -1.31. The molecule has 5 atom stereocenters. The van der Waals surface area contributed by atoms with Crippen LogP contribution in [0.4, 0.5) is 0 Å². The van der Waals surface area contributed by atoms with Gasteiger partial charge in [0.25, 0.3) is 0 Å². The van der Waals surface area contributed by atoms with Crippen LogP contribution in [-0.2, 0) is 4.79 Å². The first kappa shape index (κ1) is 12.4. The number of halogens is 1. The molecule has 4 aliphatic rings. The predicted octanol–water partition coefficient (Wildman–Crippen LogP) is 2.70. The Balaban J connectivity index is 1.98. The minimum absolute atomic E-state index is 0.0242. The lowest BCUT2D eigenvalue weighted by atomic mass is 9.53. The molecule has 98 valence electrons. The molecule has 2 nitrogen and oxygen atoms in total. The van der Waals surface area contributed by atoms with Crippen LogP contribution < -0.4 is 0 Å². The zero-order chi connectivity index (χ0) is 12.8. The van der Waals surface area contributed by atoms with E-state index in [1.54, 1.807) is 0 Å². The monoisotopic (exact) mass is 266 g/mol. The number of alkyl halides is 1. The summed E-state index contributed by atoms with van der Waals surface area (Å²) in [7, 11) is 0. The number of hydrogen-bond acceptors (Lipinski definition) is 2. The summed E-state index contributed by atoms with van der Waals surface area (Å²) < 4.78 is 0. The maximum atomic E-state index is 12.4. The second-order valence-corrected chi connectivity index (χ2v) is 6.08. The number of aliphatic hydroxyl groups is 1. The van der Waals surface area contributed by atoms with E-state index in [0.29, 0.717) is 11.8 Å². The molecule has 0 aromatic heterocycles. The quantitative estimate of drug-likeness (QED) is 0.585. The summed E-state index contributed by atoms with van der Waals surface area (Å²) in [5, 5.41) is 10.6. The summed E-state index contributed by atoms with van der Waals surface area (Å²) in [6.07, 6.45) is 12.7. The molecule has 0 radical (unpaired) electrons. The molecule has 0 aromatic carbocycles. The van der Waals surface area contributed by atoms with Gasteiger partial charge in [0, 0.05) is 11.8 Å². The largest absolute Gasteiger partial charge is 0.380 e. The van der Waals surface area contributed by atoms with Crippen LogP contribution >= 0.6 is 11.6 Å². The number of carbonyl (C=O) groups excluding carboxylic acids is 1. The van der Waals surface area contributed by atoms with Crippen molar-refractivity contribution < 1.29 is 9.90 Å². The van der Waals surface area contributed by atoms with Crippen LogP contribution in [0.25, 0.3) is 0 Å². The second kappa shape index (κ2) is 4.50. The first-order valence-corrected chi connectivity index (χ1v) is 7.38. The number of Topliss-reactive ketones (excluding diaryl/α,β-unsaturated/α-hetero) is 1. The zero-order valence-corrected chi connectivity index (χ0v) is 11.1. The molecular formula is C15H19ClO2. The van der Waals surface area contributed by atoms with E-state index in [9.17, 15) is 9.90 Å². The van der Waals surface area contributed by atoms with Crippen LogP contribution in [0.3, 0.4) is 0 Å². The Morgan fingerprint density at radius 2 is 1.89 bits per heavy atom. The van der Waals surface area contributed by atoms with Crippen molar-refractivity contribution in [3.63, 3.8) is 0 Å². The smallest absolute Gasteiger partial charge is 0.173 e. The molecule has 2 bridgehead atoms. The third-order valence-corrected chi connectivity index (χ3v) is 5.39. The lowest BCUT2D eigenvalue weighted by Crippen LogP contribution is -2.61. The molecule has 1 saturated carbocycles. The Bertz CT molecular complexity index is 415. The number of hydrogen-bond donors (Lipinski definition) is 1. The van der Waals surface area contributed by atoms with Crippen molar-refractivity contribution in [3.8, 4) is 0 Å². The highest BCUT2D eigenvalue weighted by Crippen LogP contribution is 2.51. The molecule has 0 aliphatic heterocycles. The van der Waals surface area contributed by atoms with Gasteiger partial charge in [0.05, 0.1) is 5.88 Å². The Kier molecular flexibility index (Phi) is 3.11.